The van der Waals surface area contributed by atoms with Crippen LogP contribution in [0.2, 0.25) is 0 Å². The van der Waals surface area contributed by atoms with E-state index >= 15 is 0 Å². The van der Waals surface area contributed by atoms with Crippen LogP contribution in [0.1, 0.15) is 27.1 Å². The van der Waals surface area contributed by atoms with E-state index in [0.29, 0.717) is 38.2 Å². The maximum atomic E-state index is 13.8. The summed E-state index contributed by atoms with van der Waals surface area (Å²) in [6, 6.07) is 7.69. The Morgan fingerprint density at radius 3 is 2.36 bits per heavy atom. The van der Waals surface area contributed by atoms with Crippen LogP contribution in [0, 0.1) is 5.82 Å². The highest BCUT2D eigenvalue weighted by molar-refractivity contribution is 9.10. The Balaban J connectivity index is 1.69. The zero-order valence-electron chi connectivity index (χ0n) is 13.5. The van der Waals surface area contributed by atoms with Crippen LogP contribution in [-0.2, 0) is 0 Å². The first-order chi connectivity index (χ1) is 12.1. The number of amides is 2. The third-order valence-electron chi connectivity index (χ3n) is 4.13. The molecule has 2 aromatic rings. The molecule has 1 saturated heterocycles. The fourth-order valence-electron chi connectivity index (χ4n) is 2.84. The van der Waals surface area contributed by atoms with E-state index < -0.39 is 5.82 Å². The van der Waals surface area contributed by atoms with Crippen molar-refractivity contribution < 1.29 is 14.0 Å². The molecule has 0 N–H and O–H groups in total. The molecule has 0 unspecified atom stereocenters. The van der Waals surface area contributed by atoms with E-state index in [1.165, 1.54) is 18.3 Å². The number of hydrogen-bond acceptors (Lipinski definition) is 3. The van der Waals surface area contributed by atoms with E-state index in [1.54, 1.807) is 34.2 Å². The van der Waals surface area contributed by atoms with Crippen molar-refractivity contribution in [3.63, 3.8) is 0 Å². The summed E-state index contributed by atoms with van der Waals surface area (Å²) < 4.78 is 14.6. The second kappa shape index (κ2) is 7.74. The lowest BCUT2D eigenvalue weighted by Crippen LogP contribution is -2.37. The molecule has 1 fully saturated rings. The van der Waals surface area contributed by atoms with Crippen LogP contribution in [0.3, 0.4) is 0 Å². The summed E-state index contributed by atoms with van der Waals surface area (Å²) in [6.45, 7) is 1.83. The lowest BCUT2D eigenvalue weighted by molar-refractivity contribution is 0.0716. The second-order valence-corrected chi connectivity index (χ2v) is 6.73. The Bertz CT molecular complexity index is 799. The van der Waals surface area contributed by atoms with Crippen LogP contribution in [-0.4, -0.2) is 52.8 Å². The highest BCUT2D eigenvalue weighted by atomic mass is 79.9. The molecule has 0 radical (unpaired) electrons. The van der Waals surface area contributed by atoms with E-state index in [2.05, 4.69) is 20.9 Å². The van der Waals surface area contributed by atoms with Crippen LogP contribution in [0.15, 0.2) is 47.2 Å². The fourth-order valence-corrected chi connectivity index (χ4v) is 3.20. The number of carbonyl (C=O) groups is 2. The molecule has 0 atom stereocenters. The largest absolute Gasteiger partial charge is 0.337 e. The van der Waals surface area contributed by atoms with Crippen molar-refractivity contribution in [1.29, 1.82) is 0 Å². The number of carbonyl (C=O) groups excluding carboxylic acids is 2. The summed E-state index contributed by atoms with van der Waals surface area (Å²) in [4.78, 5) is 32.5. The molecule has 0 bridgehead atoms. The summed E-state index contributed by atoms with van der Waals surface area (Å²) in [5.41, 5.74) is 0.571. The standard InChI is InChI=1S/C18H17BrFN3O2/c19-14-10-13(11-21-12-14)17(24)22-6-3-7-23(9-8-22)18(25)15-4-1-2-5-16(15)20/h1-2,4-5,10-12H,3,6-9H2. The number of benzene rings is 1. The highest BCUT2D eigenvalue weighted by Gasteiger charge is 2.25. The summed E-state index contributed by atoms with van der Waals surface area (Å²) in [6.07, 6.45) is 3.79. The van der Waals surface area contributed by atoms with Gasteiger partial charge in [-0.1, -0.05) is 12.1 Å². The van der Waals surface area contributed by atoms with Crippen LogP contribution in [0.5, 0.6) is 0 Å². The second-order valence-electron chi connectivity index (χ2n) is 5.81. The first-order valence-electron chi connectivity index (χ1n) is 8.00. The monoisotopic (exact) mass is 405 g/mol. The molecule has 130 valence electrons. The smallest absolute Gasteiger partial charge is 0.256 e. The van der Waals surface area contributed by atoms with Crippen molar-refractivity contribution in [2.75, 3.05) is 26.2 Å². The SMILES string of the molecule is O=C(c1cncc(Br)c1)N1CCCN(C(=O)c2ccccc2F)CC1. The molecule has 1 aliphatic heterocycles. The van der Waals surface area contributed by atoms with Crippen molar-refractivity contribution in [1.82, 2.24) is 14.8 Å². The topological polar surface area (TPSA) is 53.5 Å². The number of pyridine rings is 1. The zero-order chi connectivity index (χ0) is 17.8. The molecule has 3 rings (SSSR count). The van der Waals surface area contributed by atoms with Gasteiger partial charge in [0.05, 0.1) is 11.1 Å². The van der Waals surface area contributed by atoms with Gasteiger partial charge in [-0.2, -0.15) is 0 Å². The van der Waals surface area contributed by atoms with Crippen molar-refractivity contribution in [3.8, 4) is 0 Å². The van der Waals surface area contributed by atoms with Gasteiger partial charge in [0, 0.05) is 43.0 Å². The first kappa shape index (κ1) is 17.5. The van der Waals surface area contributed by atoms with Crippen molar-refractivity contribution in [3.05, 3.63) is 64.1 Å². The summed E-state index contributed by atoms with van der Waals surface area (Å²) in [5.74, 6) is -0.976. The third kappa shape index (κ3) is 4.04. The van der Waals surface area contributed by atoms with Gasteiger partial charge in [-0.15, -0.1) is 0 Å². The Labute approximate surface area is 153 Å². The summed E-state index contributed by atoms with van der Waals surface area (Å²) in [5, 5.41) is 0. The maximum Gasteiger partial charge on any atom is 0.256 e. The molecule has 1 aliphatic rings. The molecule has 5 nitrogen and oxygen atoms in total. The molecule has 1 aromatic heterocycles. The van der Waals surface area contributed by atoms with Crippen molar-refractivity contribution >= 4 is 27.7 Å². The molecule has 0 aliphatic carbocycles. The van der Waals surface area contributed by atoms with Crippen LogP contribution in [0.4, 0.5) is 4.39 Å². The molecular formula is C18H17BrFN3O2. The van der Waals surface area contributed by atoms with Gasteiger partial charge >= 0.3 is 0 Å². The van der Waals surface area contributed by atoms with Gasteiger partial charge in [0.15, 0.2) is 0 Å². The summed E-state index contributed by atoms with van der Waals surface area (Å²) >= 11 is 3.31. The van der Waals surface area contributed by atoms with Gasteiger partial charge in [-0.3, -0.25) is 14.6 Å². The fraction of sp³-hybridized carbons (Fsp3) is 0.278. The number of hydrogen-bond donors (Lipinski definition) is 0. The van der Waals surface area contributed by atoms with E-state index in [0.717, 1.165) is 4.47 Å². The lowest BCUT2D eigenvalue weighted by Gasteiger charge is -2.22. The van der Waals surface area contributed by atoms with Crippen molar-refractivity contribution in [2.24, 2.45) is 0 Å². The maximum absolute atomic E-state index is 13.8. The predicted octanol–water partition coefficient (Wildman–Crippen LogP) is 2.97. The Morgan fingerprint density at radius 2 is 1.68 bits per heavy atom. The number of aromatic nitrogens is 1. The van der Waals surface area contributed by atoms with Gasteiger partial charge in [-0.25, -0.2) is 4.39 Å². The van der Waals surface area contributed by atoms with Crippen LogP contribution < -0.4 is 0 Å². The Hall–Kier alpha value is -2.28. The summed E-state index contributed by atoms with van der Waals surface area (Å²) in [7, 11) is 0. The van der Waals surface area contributed by atoms with Gasteiger partial charge < -0.3 is 9.80 Å². The third-order valence-corrected chi connectivity index (χ3v) is 4.56. The van der Waals surface area contributed by atoms with E-state index in [1.807, 2.05) is 0 Å². The Morgan fingerprint density at radius 1 is 1.00 bits per heavy atom. The highest BCUT2D eigenvalue weighted by Crippen LogP contribution is 2.15. The van der Waals surface area contributed by atoms with Crippen molar-refractivity contribution in [2.45, 2.75) is 6.42 Å². The quantitative estimate of drug-likeness (QED) is 0.771. The van der Waals surface area contributed by atoms with Gasteiger partial charge in [0.25, 0.3) is 11.8 Å². The minimum absolute atomic E-state index is 0.0680. The molecule has 0 spiro atoms. The van der Waals surface area contributed by atoms with Gasteiger partial charge in [0.1, 0.15) is 5.82 Å². The minimum atomic E-state index is -0.523. The molecule has 0 saturated carbocycles. The number of halogens is 2. The normalized spacial score (nSPS) is 15.0. The van der Waals surface area contributed by atoms with E-state index in [4.69, 9.17) is 0 Å². The lowest BCUT2D eigenvalue weighted by atomic mass is 10.2. The molecule has 2 heterocycles. The molecule has 2 amide bonds. The van der Waals surface area contributed by atoms with E-state index in [9.17, 15) is 14.0 Å². The predicted molar refractivity (Wildman–Crippen MR) is 94.8 cm³/mol. The van der Waals surface area contributed by atoms with E-state index in [-0.39, 0.29) is 17.4 Å². The zero-order valence-corrected chi connectivity index (χ0v) is 15.1. The number of rotatable bonds is 2. The number of nitrogens with zero attached hydrogens (tertiary/aromatic N) is 3. The van der Waals surface area contributed by atoms with Crippen LogP contribution in [0.25, 0.3) is 0 Å². The average Bonchev–Trinajstić information content (AvgIpc) is 2.87. The molecule has 25 heavy (non-hydrogen) atoms. The van der Waals surface area contributed by atoms with Crippen LogP contribution >= 0.6 is 15.9 Å². The molecular weight excluding hydrogens is 389 g/mol. The molecule has 7 heteroatoms. The molecule has 1 aromatic carbocycles. The first-order valence-corrected chi connectivity index (χ1v) is 8.79. The Kier molecular flexibility index (Phi) is 5.43. The average molecular weight is 406 g/mol. The minimum Gasteiger partial charge on any atom is -0.337 e. The van der Waals surface area contributed by atoms with Gasteiger partial charge in [0.2, 0.25) is 0 Å². The van der Waals surface area contributed by atoms with Gasteiger partial charge in [-0.05, 0) is 40.5 Å².